The number of benzene rings is 1. The molecule has 19 heavy (non-hydrogen) atoms. The van der Waals surface area contributed by atoms with Crippen molar-refractivity contribution in [2.24, 2.45) is 5.73 Å². The Bertz CT molecular complexity index is 588. The minimum absolute atomic E-state index is 0.379. The molecule has 0 aliphatic rings. The number of hydrogen-bond acceptors (Lipinski definition) is 3. The van der Waals surface area contributed by atoms with Crippen LogP contribution in [0.4, 0.5) is 10.1 Å². The maximum Gasteiger partial charge on any atom is 0.247 e. The molecule has 0 aliphatic heterocycles. The molecule has 0 spiro atoms. The summed E-state index contributed by atoms with van der Waals surface area (Å²) in [5.74, 6) is -1.12. The molecule has 1 amide bonds. The highest BCUT2D eigenvalue weighted by atomic mass is 19.1. The van der Waals surface area contributed by atoms with Gasteiger partial charge < -0.3 is 11.1 Å². The molecule has 1 heterocycles. The molecular weight excluding hydrogens is 245 g/mol. The quantitative estimate of drug-likeness (QED) is 0.882. The highest BCUT2D eigenvalue weighted by Crippen LogP contribution is 2.25. The molecule has 1 aromatic carbocycles. The second kappa shape index (κ2) is 5.06. The average Bonchev–Trinajstić information content (AvgIpc) is 2.39. The van der Waals surface area contributed by atoms with Crippen LogP contribution in [-0.2, 0) is 10.3 Å². The van der Waals surface area contributed by atoms with Crippen molar-refractivity contribution in [1.29, 1.82) is 0 Å². The first-order valence-electron chi connectivity index (χ1n) is 5.76. The first kappa shape index (κ1) is 13.0. The van der Waals surface area contributed by atoms with Crippen LogP contribution in [-0.4, -0.2) is 10.9 Å². The largest absolute Gasteiger partial charge is 0.368 e. The van der Waals surface area contributed by atoms with Crippen LogP contribution < -0.4 is 11.1 Å². The van der Waals surface area contributed by atoms with Gasteiger partial charge >= 0.3 is 0 Å². The zero-order valence-corrected chi connectivity index (χ0v) is 10.4. The van der Waals surface area contributed by atoms with Crippen molar-refractivity contribution in [1.82, 2.24) is 4.98 Å². The summed E-state index contributed by atoms with van der Waals surface area (Å²) >= 11 is 0. The van der Waals surface area contributed by atoms with Crippen molar-refractivity contribution in [2.75, 3.05) is 5.32 Å². The van der Waals surface area contributed by atoms with Gasteiger partial charge in [0.1, 0.15) is 11.4 Å². The number of rotatable bonds is 4. The van der Waals surface area contributed by atoms with Gasteiger partial charge in [0.15, 0.2) is 0 Å². The summed E-state index contributed by atoms with van der Waals surface area (Å²) < 4.78 is 13.3. The van der Waals surface area contributed by atoms with E-state index < -0.39 is 17.3 Å². The third-order valence-corrected chi connectivity index (χ3v) is 2.94. The summed E-state index contributed by atoms with van der Waals surface area (Å²) in [5.41, 5.74) is 5.32. The molecule has 0 aliphatic carbocycles. The van der Waals surface area contributed by atoms with Crippen LogP contribution in [0.3, 0.4) is 0 Å². The van der Waals surface area contributed by atoms with E-state index in [1.807, 2.05) is 18.2 Å². The second-order valence-electron chi connectivity index (χ2n) is 4.37. The third kappa shape index (κ3) is 2.70. The molecule has 5 heteroatoms. The molecule has 2 rings (SSSR count). The number of carbonyl (C=O) groups excluding carboxylic acids is 1. The van der Waals surface area contributed by atoms with Gasteiger partial charge in [-0.1, -0.05) is 18.2 Å². The van der Waals surface area contributed by atoms with E-state index in [0.717, 1.165) is 6.20 Å². The van der Waals surface area contributed by atoms with Crippen LogP contribution in [0.1, 0.15) is 12.5 Å². The number of para-hydroxylation sites is 1. The van der Waals surface area contributed by atoms with E-state index in [4.69, 9.17) is 5.73 Å². The van der Waals surface area contributed by atoms with Gasteiger partial charge in [-0.15, -0.1) is 0 Å². The summed E-state index contributed by atoms with van der Waals surface area (Å²) in [5, 5.41) is 3.02. The Hall–Kier alpha value is -2.43. The van der Waals surface area contributed by atoms with Gasteiger partial charge in [0.25, 0.3) is 0 Å². The van der Waals surface area contributed by atoms with Crippen LogP contribution in [0.2, 0.25) is 0 Å². The summed E-state index contributed by atoms with van der Waals surface area (Å²) in [6.07, 6.45) is 2.50. The van der Waals surface area contributed by atoms with Crippen molar-refractivity contribution in [3.8, 4) is 0 Å². The molecule has 0 radical (unpaired) electrons. The number of carbonyl (C=O) groups is 1. The molecule has 1 atom stereocenters. The fraction of sp³-hybridized carbons (Fsp3) is 0.143. The zero-order chi connectivity index (χ0) is 13.9. The van der Waals surface area contributed by atoms with Gasteiger partial charge in [-0.2, -0.15) is 0 Å². The molecule has 0 bridgehead atoms. The van der Waals surface area contributed by atoms with Crippen molar-refractivity contribution in [2.45, 2.75) is 12.5 Å². The molecule has 2 aromatic rings. The lowest BCUT2D eigenvalue weighted by atomic mass is 9.92. The average molecular weight is 259 g/mol. The van der Waals surface area contributed by atoms with E-state index in [0.29, 0.717) is 11.3 Å². The topological polar surface area (TPSA) is 68.0 Å². The Labute approximate surface area is 110 Å². The number of aromatic nitrogens is 1. The Morgan fingerprint density at radius 1 is 1.32 bits per heavy atom. The van der Waals surface area contributed by atoms with Crippen LogP contribution >= 0.6 is 0 Å². The van der Waals surface area contributed by atoms with Gasteiger partial charge in [0.2, 0.25) is 5.91 Å². The van der Waals surface area contributed by atoms with E-state index >= 15 is 0 Å². The Morgan fingerprint density at radius 3 is 2.58 bits per heavy atom. The SMILES string of the molecule is CC(Nc1ccccc1)(C(N)=O)c1cncc(F)c1. The van der Waals surface area contributed by atoms with Gasteiger partial charge in [-0.3, -0.25) is 9.78 Å². The van der Waals surface area contributed by atoms with Gasteiger partial charge in [0, 0.05) is 17.4 Å². The molecule has 0 fully saturated rings. The van der Waals surface area contributed by atoms with E-state index in [-0.39, 0.29) is 0 Å². The number of halogens is 1. The zero-order valence-electron chi connectivity index (χ0n) is 10.4. The number of primary amides is 1. The van der Waals surface area contributed by atoms with E-state index in [2.05, 4.69) is 10.3 Å². The standard InChI is InChI=1S/C14H14FN3O/c1-14(13(16)19,10-7-11(15)9-17-8-10)18-12-5-3-2-4-6-12/h2-9,18H,1H3,(H2,16,19). The van der Waals surface area contributed by atoms with Gasteiger partial charge in [-0.25, -0.2) is 4.39 Å². The fourth-order valence-electron chi connectivity index (χ4n) is 1.77. The number of anilines is 1. The minimum Gasteiger partial charge on any atom is -0.368 e. The first-order valence-corrected chi connectivity index (χ1v) is 5.76. The number of nitrogens with two attached hydrogens (primary N) is 1. The summed E-state index contributed by atoms with van der Waals surface area (Å²) in [7, 11) is 0. The van der Waals surface area contributed by atoms with E-state index in [1.165, 1.54) is 12.3 Å². The van der Waals surface area contributed by atoms with Crippen LogP contribution in [0, 0.1) is 5.82 Å². The summed E-state index contributed by atoms with van der Waals surface area (Å²) in [6, 6.07) is 10.4. The highest BCUT2D eigenvalue weighted by molar-refractivity contribution is 5.88. The van der Waals surface area contributed by atoms with E-state index in [1.54, 1.807) is 19.1 Å². The van der Waals surface area contributed by atoms with Crippen LogP contribution in [0.25, 0.3) is 0 Å². The molecule has 98 valence electrons. The minimum atomic E-state index is -1.23. The number of nitrogens with zero attached hydrogens (tertiary/aromatic N) is 1. The number of amides is 1. The highest BCUT2D eigenvalue weighted by Gasteiger charge is 2.33. The molecule has 0 saturated carbocycles. The number of nitrogens with one attached hydrogen (secondary N) is 1. The monoisotopic (exact) mass is 259 g/mol. The predicted octanol–water partition coefficient (Wildman–Crippen LogP) is 2.03. The Morgan fingerprint density at radius 2 is 2.00 bits per heavy atom. The molecule has 1 aromatic heterocycles. The molecule has 1 unspecified atom stereocenters. The summed E-state index contributed by atoms with van der Waals surface area (Å²) in [6.45, 7) is 1.60. The Balaban J connectivity index is 2.41. The molecule has 0 saturated heterocycles. The lowest BCUT2D eigenvalue weighted by Crippen LogP contribution is -2.45. The third-order valence-electron chi connectivity index (χ3n) is 2.94. The van der Waals surface area contributed by atoms with E-state index in [9.17, 15) is 9.18 Å². The normalized spacial score (nSPS) is 13.6. The smallest absolute Gasteiger partial charge is 0.247 e. The summed E-state index contributed by atoms with van der Waals surface area (Å²) in [4.78, 5) is 15.5. The van der Waals surface area contributed by atoms with Gasteiger partial charge in [0.05, 0.1) is 6.20 Å². The maximum absolute atomic E-state index is 13.3. The second-order valence-corrected chi connectivity index (χ2v) is 4.37. The molecular formula is C14H14FN3O. The first-order chi connectivity index (χ1) is 9.02. The Kier molecular flexibility index (Phi) is 3.46. The fourth-order valence-corrected chi connectivity index (χ4v) is 1.77. The lowest BCUT2D eigenvalue weighted by Gasteiger charge is -2.28. The molecule has 4 nitrogen and oxygen atoms in total. The van der Waals surface area contributed by atoms with Crippen LogP contribution in [0.5, 0.6) is 0 Å². The maximum atomic E-state index is 13.3. The lowest BCUT2D eigenvalue weighted by molar-refractivity contribution is -0.122. The van der Waals surface area contributed by atoms with Crippen molar-refractivity contribution in [3.05, 3.63) is 60.2 Å². The van der Waals surface area contributed by atoms with Crippen molar-refractivity contribution in [3.63, 3.8) is 0 Å². The number of pyridine rings is 1. The van der Waals surface area contributed by atoms with Crippen molar-refractivity contribution < 1.29 is 9.18 Å². The van der Waals surface area contributed by atoms with Gasteiger partial charge in [-0.05, 0) is 25.1 Å². The van der Waals surface area contributed by atoms with Crippen molar-refractivity contribution >= 4 is 11.6 Å². The molecule has 3 N–H and O–H groups in total. The van der Waals surface area contributed by atoms with Crippen LogP contribution in [0.15, 0.2) is 48.8 Å². The predicted molar refractivity (Wildman–Crippen MR) is 70.8 cm³/mol. The number of hydrogen-bond donors (Lipinski definition) is 2.